The number of hydrogen-bond donors (Lipinski definition) is 2. The summed E-state index contributed by atoms with van der Waals surface area (Å²) >= 11 is 0. The Kier molecular flexibility index (Phi) is 6.42. The lowest BCUT2D eigenvalue weighted by molar-refractivity contribution is -0.122. The molecule has 16 heavy (non-hydrogen) atoms. The van der Waals surface area contributed by atoms with Gasteiger partial charge in [0.05, 0.1) is 6.54 Å². The molecule has 1 rings (SSSR count). The van der Waals surface area contributed by atoms with Gasteiger partial charge in [0.1, 0.15) is 0 Å². The zero-order chi connectivity index (χ0) is 11.8. The molecule has 4 nitrogen and oxygen atoms in total. The summed E-state index contributed by atoms with van der Waals surface area (Å²) in [7, 11) is 0. The number of hydrogen-bond acceptors (Lipinski definition) is 3. The molecule has 1 heterocycles. The molecule has 0 spiro atoms. The minimum atomic E-state index is 0.137. The van der Waals surface area contributed by atoms with Gasteiger partial charge >= 0.3 is 0 Å². The number of rotatable bonds is 7. The third kappa shape index (κ3) is 4.49. The second kappa shape index (κ2) is 7.63. The number of nitrogens with zero attached hydrogens (tertiary/aromatic N) is 1. The molecule has 1 amide bonds. The van der Waals surface area contributed by atoms with Gasteiger partial charge in [0.25, 0.3) is 0 Å². The molecule has 1 aliphatic rings. The number of carbonyl (C=O) groups excluding carboxylic acids is 1. The van der Waals surface area contributed by atoms with Crippen molar-refractivity contribution in [1.29, 1.82) is 0 Å². The molecule has 4 heteroatoms. The van der Waals surface area contributed by atoms with Crippen LogP contribution < -0.4 is 5.32 Å². The number of amides is 1. The second-order valence-electron chi connectivity index (χ2n) is 4.48. The van der Waals surface area contributed by atoms with Crippen molar-refractivity contribution >= 4 is 5.91 Å². The molecule has 0 radical (unpaired) electrons. The normalized spacial score (nSPS) is 21.2. The zero-order valence-electron chi connectivity index (χ0n) is 10.2. The van der Waals surface area contributed by atoms with Gasteiger partial charge in [0, 0.05) is 19.2 Å². The SMILES string of the molecule is CCCNC(=O)CN1CCCC1CCCO. The van der Waals surface area contributed by atoms with Crippen molar-refractivity contribution in [2.45, 2.75) is 45.1 Å². The Labute approximate surface area is 98.0 Å². The van der Waals surface area contributed by atoms with Crippen LogP contribution in [-0.2, 0) is 4.79 Å². The molecule has 0 saturated carbocycles. The van der Waals surface area contributed by atoms with E-state index in [9.17, 15) is 4.79 Å². The first-order chi connectivity index (χ1) is 7.77. The minimum Gasteiger partial charge on any atom is -0.396 e. The Morgan fingerprint density at radius 3 is 3.06 bits per heavy atom. The third-order valence-electron chi connectivity index (χ3n) is 3.11. The number of aliphatic hydroxyl groups excluding tert-OH is 1. The van der Waals surface area contributed by atoms with Gasteiger partial charge in [-0.2, -0.15) is 0 Å². The van der Waals surface area contributed by atoms with Crippen LogP contribution in [0.15, 0.2) is 0 Å². The summed E-state index contributed by atoms with van der Waals surface area (Å²) in [5.41, 5.74) is 0. The number of carbonyl (C=O) groups is 1. The van der Waals surface area contributed by atoms with E-state index in [1.54, 1.807) is 0 Å². The number of nitrogens with one attached hydrogen (secondary N) is 1. The van der Waals surface area contributed by atoms with Crippen molar-refractivity contribution in [3.63, 3.8) is 0 Å². The molecule has 0 bridgehead atoms. The van der Waals surface area contributed by atoms with E-state index >= 15 is 0 Å². The van der Waals surface area contributed by atoms with Crippen LogP contribution in [-0.4, -0.2) is 48.2 Å². The van der Waals surface area contributed by atoms with Gasteiger partial charge in [0.2, 0.25) is 5.91 Å². The third-order valence-corrected chi connectivity index (χ3v) is 3.11. The first-order valence-corrected chi connectivity index (χ1v) is 6.39. The van der Waals surface area contributed by atoms with Crippen LogP contribution in [0.5, 0.6) is 0 Å². The second-order valence-corrected chi connectivity index (χ2v) is 4.48. The highest BCUT2D eigenvalue weighted by molar-refractivity contribution is 5.78. The Morgan fingerprint density at radius 1 is 1.56 bits per heavy atom. The van der Waals surface area contributed by atoms with E-state index in [4.69, 9.17) is 5.11 Å². The molecule has 1 fully saturated rings. The summed E-state index contributed by atoms with van der Waals surface area (Å²) in [6.45, 7) is 4.63. The summed E-state index contributed by atoms with van der Waals surface area (Å²) < 4.78 is 0. The van der Waals surface area contributed by atoms with Crippen molar-refractivity contribution < 1.29 is 9.90 Å². The van der Waals surface area contributed by atoms with Crippen LogP contribution >= 0.6 is 0 Å². The van der Waals surface area contributed by atoms with Crippen molar-refractivity contribution in [2.75, 3.05) is 26.2 Å². The predicted molar refractivity (Wildman–Crippen MR) is 64.2 cm³/mol. The van der Waals surface area contributed by atoms with E-state index in [0.717, 1.165) is 32.4 Å². The molecule has 1 aliphatic heterocycles. The van der Waals surface area contributed by atoms with Crippen molar-refractivity contribution in [3.8, 4) is 0 Å². The van der Waals surface area contributed by atoms with Crippen LogP contribution in [0.3, 0.4) is 0 Å². The molecule has 0 aromatic heterocycles. The van der Waals surface area contributed by atoms with Crippen LogP contribution in [0, 0.1) is 0 Å². The first kappa shape index (κ1) is 13.5. The van der Waals surface area contributed by atoms with Crippen LogP contribution in [0.25, 0.3) is 0 Å². The van der Waals surface area contributed by atoms with Gasteiger partial charge in [-0.05, 0) is 38.6 Å². The maximum absolute atomic E-state index is 11.6. The first-order valence-electron chi connectivity index (χ1n) is 6.39. The van der Waals surface area contributed by atoms with Crippen molar-refractivity contribution in [2.24, 2.45) is 0 Å². The highest BCUT2D eigenvalue weighted by Crippen LogP contribution is 2.20. The summed E-state index contributed by atoms with van der Waals surface area (Å²) in [6.07, 6.45) is 5.19. The lowest BCUT2D eigenvalue weighted by Crippen LogP contribution is -2.40. The fourth-order valence-electron chi connectivity index (χ4n) is 2.26. The number of likely N-dealkylation sites (tertiary alicyclic amines) is 1. The van der Waals surface area contributed by atoms with E-state index in [1.165, 1.54) is 12.8 Å². The maximum atomic E-state index is 11.6. The van der Waals surface area contributed by atoms with Gasteiger partial charge < -0.3 is 10.4 Å². The molecule has 1 saturated heterocycles. The average molecular weight is 228 g/mol. The summed E-state index contributed by atoms with van der Waals surface area (Å²) in [5, 5.41) is 11.7. The molecule has 2 N–H and O–H groups in total. The fraction of sp³-hybridized carbons (Fsp3) is 0.917. The van der Waals surface area contributed by atoms with Crippen LogP contribution in [0.2, 0.25) is 0 Å². The van der Waals surface area contributed by atoms with Gasteiger partial charge in [-0.15, -0.1) is 0 Å². The van der Waals surface area contributed by atoms with Gasteiger partial charge in [-0.3, -0.25) is 9.69 Å². The Morgan fingerprint density at radius 2 is 2.38 bits per heavy atom. The molecule has 0 aliphatic carbocycles. The molecular formula is C12H24N2O2. The fourth-order valence-corrected chi connectivity index (χ4v) is 2.26. The Hall–Kier alpha value is -0.610. The van der Waals surface area contributed by atoms with E-state index < -0.39 is 0 Å². The summed E-state index contributed by atoms with van der Waals surface area (Å²) in [6, 6.07) is 0.500. The Bertz CT molecular complexity index is 209. The average Bonchev–Trinajstić information content (AvgIpc) is 2.71. The maximum Gasteiger partial charge on any atom is 0.234 e. The number of aliphatic hydroxyl groups is 1. The topological polar surface area (TPSA) is 52.6 Å². The molecule has 1 atom stereocenters. The van der Waals surface area contributed by atoms with Gasteiger partial charge in [-0.1, -0.05) is 6.92 Å². The van der Waals surface area contributed by atoms with Gasteiger partial charge in [0.15, 0.2) is 0 Å². The molecule has 0 aromatic rings. The van der Waals surface area contributed by atoms with Gasteiger partial charge in [-0.25, -0.2) is 0 Å². The minimum absolute atomic E-state index is 0.137. The zero-order valence-corrected chi connectivity index (χ0v) is 10.2. The smallest absolute Gasteiger partial charge is 0.234 e. The predicted octanol–water partition coefficient (Wildman–Crippen LogP) is 0.749. The standard InChI is InChI=1S/C12H24N2O2/c1-2-7-13-12(16)10-14-8-3-5-11(14)6-4-9-15/h11,15H,2-10H2,1H3,(H,13,16). The van der Waals surface area contributed by atoms with Crippen molar-refractivity contribution in [3.05, 3.63) is 0 Å². The van der Waals surface area contributed by atoms with Crippen LogP contribution in [0.1, 0.15) is 39.0 Å². The Balaban J connectivity index is 2.25. The van der Waals surface area contributed by atoms with Crippen LogP contribution in [0.4, 0.5) is 0 Å². The largest absolute Gasteiger partial charge is 0.396 e. The molecule has 0 aromatic carbocycles. The lowest BCUT2D eigenvalue weighted by Gasteiger charge is -2.23. The molecule has 1 unspecified atom stereocenters. The highest BCUT2D eigenvalue weighted by Gasteiger charge is 2.25. The van der Waals surface area contributed by atoms with Crippen molar-refractivity contribution in [1.82, 2.24) is 10.2 Å². The highest BCUT2D eigenvalue weighted by atomic mass is 16.2. The summed E-state index contributed by atoms with van der Waals surface area (Å²) in [5.74, 6) is 0.137. The monoisotopic (exact) mass is 228 g/mol. The van der Waals surface area contributed by atoms with E-state index in [0.29, 0.717) is 12.6 Å². The van der Waals surface area contributed by atoms with E-state index in [-0.39, 0.29) is 12.5 Å². The van der Waals surface area contributed by atoms with E-state index in [1.807, 2.05) is 0 Å². The summed E-state index contributed by atoms with van der Waals surface area (Å²) in [4.78, 5) is 13.8. The molecule has 94 valence electrons. The van der Waals surface area contributed by atoms with E-state index in [2.05, 4.69) is 17.1 Å². The lowest BCUT2D eigenvalue weighted by atomic mass is 10.1. The quantitative estimate of drug-likeness (QED) is 0.676. The molecular weight excluding hydrogens is 204 g/mol.